The second-order valence-corrected chi connectivity index (χ2v) is 8.63. The molecular formula is C23H24O6. The van der Waals surface area contributed by atoms with Gasteiger partial charge in [-0.1, -0.05) is 45.0 Å². The van der Waals surface area contributed by atoms with Crippen LogP contribution in [0.2, 0.25) is 0 Å². The van der Waals surface area contributed by atoms with Gasteiger partial charge in [-0.3, -0.25) is 0 Å². The third-order valence-electron chi connectivity index (χ3n) is 5.59. The third kappa shape index (κ3) is 3.00. The van der Waals surface area contributed by atoms with E-state index in [1.54, 1.807) is 24.3 Å². The van der Waals surface area contributed by atoms with Crippen LogP contribution < -0.4 is 4.74 Å². The molecule has 0 radical (unpaired) electrons. The molecule has 0 saturated heterocycles. The van der Waals surface area contributed by atoms with Crippen molar-refractivity contribution in [3.05, 3.63) is 53.6 Å². The number of phenolic OH excluding ortho intramolecular Hbond substituents is 4. The second kappa shape index (κ2) is 6.46. The van der Waals surface area contributed by atoms with E-state index in [-0.39, 0.29) is 28.7 Å². The minimum absolute atomic E-state index is 0.143. The van der Waals surface area contributed by atoms with Crippen LogP contribution in [0.4, 0.5) is 0 Å². The molecule has 1 heterocycles. The van der Waals surface area contributed by atoms with Crippen LogP contribution in [-0.2, 0) is 0 Å². The number of aliphatic hydroxyl groups excluding tert-OH is 1. The van der Waals surface area contributed by atoms with Crippen LogP contribution in [0.25, 0.3) is 10.8 Å². The van der Waals surface area contributed by atoms with Crippen LogP contribution in [0, 0.1) is 5.41 Å². The first-order valence-electron chi connectivity index (χ1n) is 9.43. The summed E-state index contributed by atoms with van der Waals surface area (Å²) in [6.45, 7) is 5.85. The minimum Gasteiger partial charge on any atom is -0.508 e. The molecule has 152 valence electrons. The first-order chi connectivity index (χ1) is 13.6. The van der Waals surface area contributed by atoms with Gasteiger partial charge in [0.2, 0.25) is 0 Å². The van der Waals surface area contributed by atoms with Crippen LogP contribution >= 0.6 is 0 Å². The summed E-state index contributed by atoms with van der Waals surface area (Å²) < 4.78 is 6.06. The summed E-state index contributed by atoms with van der Waals surface area (Å²) in [5, 5.41) is 53.3. The van der Waals surface area contributed by atoms with E-state index >= 15 is 0 Å². The fourth-order valence-electron chi connectivity index (χ4n) is 4.36. The van der Waals surface area contributed by atoms with Crippen molar-refractivity contribution in [3.63, 3.8) is 0 Å². The maximum atomic E-state index is 11.3. The molecule has 3 aromatic carbocycles. The van der Waals surface area contributed by atoms with Crippen molar-refractivity contribution in [1.82, 2.24) is 0 Å². The molecule has 5 N–H and O–H groups in total. The zero-order valence-corrected chi connectivity index (χ0v) is 16.4. The molecule has 1 aliphatic rings. The Morgan fingerprint density at radius 1 is 0.862 bits per heavy atom. The average molecular weight is 396 g/mol. The fraction of sp³-hybridized carbons (Fsp3) is 0.304. The number of benzene rings is 3. The van der Waals surface area contributed by atoms with Crippen molar-refractivity contribution in [2.24, 2.45) is 5.41 Å². The molecule has 6 heteroatoms. The first kappa shape index (κ1) is 19.2. The number of ether oxygens (including phenoxy) is 1. The lowest BCUT2D eigenvalue weighted by atomic mass is 9.69. The number of fused-ring (bicyclic) bond motifs is 2. The predicted molar refractivity (Wildman–Crippen MR) is 109 cm³/mol. The van der Waals surface area contributed by atoms with Crippen molar-refractivity contribution in [2.75, 3.05) is 0 Å². The summed E-state index contributed by atoms with van der Waals surface area (Å²) in [6.07, 6.45) is -1.94. The zero-order chi connectivity index (χ0) is 21.1. The van der Waals surface area contributed by atoms with Crippen LogP contribution in [0.1, 0.15) is 43.9 Å². The predicted octanol–water partition coefficient (Wildman–Crippen LogP) is 4.29. The maximum Gasteiger partial charge on any atom is 0.165 e. The van der Waals surface area contributed by atoms with Crippen LogP contribution in [0.5, 0.6) is 28.7 Å². The zero-order valence-electron chi connectivity index (χ0n) is 16.4. The van der Waals surface area contributed by atoms with Crippen LogP contribution in [0.3, 0.4) is 0 Å². The highest BCUT2D eigenvalue weighted by atomic mass is 16.5. The van der Waals surface area contributed by atoms with Gasteiger partial charge in [0.05, 0.1) is 0 Å². The fourth-order valence-corrected chi connectivity index (χ4v) is 4.36. The lowest BCUT2D eigenvalue weighted by Gasteiger charge is -2.43. The van der Waals surface area contributed by atoms with Crippen molar-refractivity contribution in [3.8, 4) is 28.7 Å². The highest BCUT2D eigenvalue weighted by molar-refractivity contribution is 5.93. The number of hydrogen-bond acceptors (Lipinski definition) is 6. The molecule has 0 aromatic heterocycles. The highest BCUT2D eigenvalue weighted by Crippen LogP contribution is 2.55. The topological polar surface area (TPSA) is 110 Å². The number of phenols is 4. The van der Waals surface area contributed by atoms with Crippen LogP contribution in [0.15, 0.2) is 42.5 Å². The molecule has 0 spiro atoms. The molecule has 0 fully saturated rings. The van der Waals surface area contributed by atoms with E-state index in [9.17, 15) is 25.5 Å². The van der Waals surface area contributed by atoms with Gasteiger partial charge < -0.3 is 30.3 Å². The molecule has 3 unspecified atom stereocenters. The van der Waals surface area contributed by atoms with Crippen molar-refractivity contribution in [2.45, 2.75) is 38.9 Å². The second-order valence-electron chi connectivity index (χ2n) is 8.63. The molecule has 0 aliphatic carbocycles. The molecule has 6 nitrogen and oxygen atoms in total. The molecule has 29 heavy (non-hydrogen) atoms. The van der Waals surface area contributed by atoms with Gasteiger partial charge in [0.25, 0.3) is 0 Å². The van der Waals surface area contributed by atoms with E-state index in [0.29, 0.717) is 21.9 Å². The molecule has 4 rings (SSSR count). The van der Waals surface area contributed by atoms with E-state index in [1.807, 2.05) is 20.8 Å². The monoisotopic (exact) mass is 396 g/mol. The average Bonchev–Trinajstić information content (AvgIpc) is 2.64. The number of hydrogen-bond donors (Lipinski definition) is 5. The van der Waals surface area contributed by atoms with Gasteiger partial charge in [-0.05, 0) is 16.9 Å². The molecule has 0 saturated carbocycles. The minimum atomic E-state index is -1.05. The molecule has 1 aliphatic heterocycles. The van der Waals surface area contributed by atoms with Gasteiger partial charge in [0.1, 0.15) is 23.4 Å². The standard InChI is InChI=1S/C23H24O6/c1-23(2,3)19-18-15(25)8-11(24)9-17(18)29-22(21(19)28)14-10-16(26)20(27)13-7-5-4-6-12(13)14/h4-10,19,21-22,24-28H,1-3H3. The number of aliphatic hydroxyl groups is 1. The third-order valence-corrected chi connectivity index (χ3v) is 5.59. The van der Waals surface area contributed by atoms with E-state index in [0.717, 1.165) is 0 Å². The Bertz CT molecular complexity index is 1100. The van der Waals surface area contributed by atoms with Crippen molar-refractivity contribution in [1.29, 1.82) is 0 Å². The Balaban J connectivity index is 1.97. The SMILES string of the molecule is CC(C)(C)C1c2c(O)cc(O)cc2OC(c2cc(O)c(O)c3ccccc23)C1O. The van der Waals surface area contributed by atoms with Crippen molar-refractivity contribution < 1.29 is 30.3 Å². The summed E-state index contributed by atoms with van der Waals surface area (Å²) in [5.41, 5.74) is 0.497. The Labute approximate surface area is 168 Å². The Kier molecular flexibility index (Phi) is 4.28. The molecule has 3 aromatic rings. The van der Waals surface area contributed by atoms with Gasteiger partial charge in [-0.2, -0.15) is 0 Å². The molecular weight excluding hydrogens is 372 g/mol. The van der Waals surface area contributed by atoms with E-state index in [4.69, 9.17) is 4.74 Å². The molecule has 3 atom stereocenters. The quantitative estimate of drug-likeness (QED) is 0.393. The summed E-state index contributed by atoms with van der Waals surface area (Å²) in [5.74, 6) is -1.08. The Morgan fingerprint density at radius 2 is 1.52 bits per heavy atom. The summed E-state index contributed by atoms with van der Waals surface area (Å²) >= 11 is 0. The summed E-state index contributed by atoms with van der Waals surface area (Å²) in [6, 6.07) is 11.0. The highest BCUT2D eigenvalue weighted by Gasteiger charge is 2.46. The van der Waals surface area contributed by atoms with Gasteiger partial charge >= 0.3 is 0 Å². The number of rotatable bonds is 1. The van der Waals surface area contributed by atoms with Gasteiger partial charge in [-0.15, -0.1) is 0 Å². The van der Waals surface area contributed by atoms with Gasteiger partial charge in [0.15, 0.2) is 17.6 Å². The van der Waals surface area contributed by atoms with Gasteiger partial charge in [-0.25, -0.2) is 0 Å². The van der Waals surface area contributed by atoms with E-state index < -0.39 is 23.5 Å². The first-order valence-corrected chi connectivity index (χ1v) is 9.43. The molecule has 0 bridgehead atoms. The maximum absolute atomic E-state index is 11.3. The van der Waals surface area contributed by atoms with Gasteiger partial charge in [0, 0.05) is 34.6 Å². The largest absolute Gasteiger partial charge is 0.508 e. The van der Waals surface area contributed by atoms with E-state index in [2.05, 4.69) is 0 Å². The molecule has 0 amide bonds. The van der Waals surface area contributed by atoms with E-state index in [1.165, 1.54) is 18.2 Å². The van der Waals surface area contributed by atoms with Crippen LogP contribution in [-0.4, -0.2) is 31.6 Å². The lowest BCUT2D eigenvalue weighted by Crippen LogP contribution is -2.40. The Hall–Kier alpha value is -3.12. The lowest BCUT2D eigenvalue weighted by molar-refractivity contribution is -0.0278. The van der Waals surface area contributed by atoms with Crippen molar-refractivity contribution >= 4 is 10.8 Å². The smallest absolute Gasteiger partial charge is 0.165 e. The Morgan fingerprint density at radius 3 is 2.17 bits per heavy atom. The number of aromatic hydroxyl groups is 4. The normalized spacial score (nSPS) is 21.6. The summed E-state index contributed by atoms with van der Waals surface area (Å²) in [7, 11) is 0. The summed E-state index contributed by atoms with van der Waals surface area (Å²) in [4.78, 5) is 0.